The molecule has 0 spiro atoms. The van der Waals surface area contributed by atoms with Gasteiger partial charge < -0.3 is 25.2 Å². The molecule has 3 aliphatic rings. The van der Waals surface area contributed by atoms with Gasteiger partial charge in [0.25, 0.3) is 0 Å². The van der Waals surface area contributed by atoms with E-state index in [1.807, 2.05) is 33.7 Å². The Morgan fingerprint density at radius 1 is 1.14 bits per heavy atom. The number of ether oxygens (including phenoxy) is 1. The van der Waals surface area contributed by atoms with Crippen molar-refractivity contribution in [3.8, 4) is 0 Å². The van der Waals surface area contributed by atoms with Gasteiger partial charge in [0.15, 0.2) is 5.82 Å². The fourth-order valence-corrected chi connectivity index (χ4v) is 5.22. The molecule has 0 radical (unpaired) electrons. The minimum atomic E-state index is -0.365. The van der Waals surface area contributed by atoms with Crippen LogP contribution in [0.3, 0.4) is 0 Å². The molecule has 2 aliphatic heterocycles. The number of H-pyrrole nitrogens is 1. The smallest absolute Gasteiger partial charge is 0.409 e. The van der Waals surface area contributed by atoms with Gasteiger partial charge in [-0.25, -0.2) is 4.79 Å². The van der Waals surface area contributed by atoms with Crippen molar-refractivity contribution in [1.82, 2.24) is 34.8 Å². The van der Waals surface area contributed by atoms with Gasteiger partial charge in [-0.2, -0.15) is 15.1 Å². The number of amides is 2. The highest BCUT2D eigenvalue weighted by molar-refractivity contribution is 5.85. The van der Waals surface area contributed by atoms with Crippen LogP contribution in [0.15, 0.2) is 24.4 Å². The third kappa shape index (κ3) is 4.42. The minimum Gasteiger partial charge on any atom is -0.453 e. The number of aromatic nitrogens is 5. The zero-order valence-electron chi connectivity index (χ0n) is 20.3. The number of nitrogens with zero attached hydrogens (tertiary/aromatic N) is 6. The van der Waals surface area contributed by atoms with Crippen molar-refractivity contribution in [1.29, 1.82) is 0 Å². The third-order valence-corrected chi connectivity index (χ3v) is 7.24. The lowest BCUT2D eigenvalue weighted by Gasteiger charge is -2.33. The van der Waals surface area contributed by atoms with E-state index in [-0.39, 0.29) is 24.1 Å². The summed E-state index contributed by atoms with van der Waals surface area (Å²) in [6, 6.07) is 5.41. The second-order valence-electron chi connectivity index (χ2n) is 9.81. The summed E-state index contributed by atoms with van der Waals surface area (Å²) < 4.78 is 6.73. The number of anilines is 3. The Labute approximate surface area is 208 Å². The van der Waals surface area contributed by atoms with E-state index in [2.05, 4.69) is 20.8 Å². The molecule has 3 aromatic rings. The Balaban J connectivity index is 1.20. The molecule has 12 heteroatoms. The number of fused-ring (bicyclic) bond motifs is 1. The largest absolute Gasteiger partial charge is 0.453 e. The van der Waals surface area contributed by atoms with Crippen LogP contribution in [0.2, 0.25) is 0 Å². The van der Waals surface area contributed by atoms with Crippen LogP contribution in [0.5, 0.6) is 0 Å². The number of rotatable bonds is 6. The molecular formula is C24H31N9O3. The molecule has 0 aromatic carbocycles. The van der Waals surface area contributed by atoms with E-state index in [1.54, 1.807) is 4.90 Å². The van der Waals surface area contributed by atoms with Crippen LogP contribution in [-0.2, 0) is 9.53 Å². The van der Waals surface area contributed by atoms with E-state index < -0.39 is 0 Å². The van der Waals surface area contributed by atoms with Crippen LogP contribution in [0.1, 0.15) is 50.1 Å². The second-order valence-corrected chi connectivity index (χ2v) is 9.81. The van der Waals surface area contributed by atoms with Crippen LogP contribution in [0.4, 0.5) is 22.5 Å². The normalized spacial score (nSPS) is 22.1. The maximum absolute atomic E-state index is 13.3. The van der Waals surface area contributed by atoms with Crippen molar-refractivity contribution in [2.45, 2.75) is 56.5 Å². The van der Waals surface area contributed by atoms with E-state index >= 15 is 0 Å². The molecule has 2 saturated heterocycles. The number of nitrogens with one attached hydrogen (secondary N) is 3. The first kappa shape index (κ1) is 22.6. The summed E-state index contributed by atoms with van der Waals surface area (Å²) in [5.74, 6) is 2.34. The number of carbonyl (C=O) groups excluding carboxylic acids is 2. The minimum absolute atomic E-state index is 0.0565. The quantitative estimate of drug-likeness (QED) is 0.477. The Morgan fingerprint density at radius 3 is 2.83 bits per heavy atom. The van der Waals surface area contributed by atoms with Crippen LogP contribution in [0.25, 0.3) is 5.65 Å². The second kappa shape index (κ2) is 9.32. The van der Waals surface area contributed by atoms with E-state index in [0.29, 0.717) is 43.3 Å². The fraction of sp³-hybridized carbons (Fsp3) is 0.542. The van der Waals surface area contributed by atoms with E-state index in [1.165, 1.54) is 20.0 Å². The van der Waals surface area contributed by atoms with E-state index in [0.717, 1.165) is 37.0 Å². The van der Waals surface area contributed by atoms with Gasteiger partial charge in [-0.1, -0.05) is 0 Å². The van der Waals surface area contributed by atoms with Crippen LogP contribution in [0, 0.1) is 0 Å². The maximum Gasteiger partial charge on any atom is 0.409 e. The number of aromatic amines is 1. The highest BCUT2D eigenvalue weighted by atomic mass is 16.5. The lowest BCUT2D eigenvalue weighted by Crippen LogP contribution is -2.53. The Bertz CT molecular complexity index is 1270. The van der Waals surface area contributed by atoms with Crippen molar-refractivity contribution in [2.24, 2.45) is 0 Å². The molecule has 2 amide bonds. The standard InChI is InChI=1S/C24H31N9O3/c1-36-24(35)31-10-2-5-16(14-31)25-21(34)18-6-3-11-32(18)23-27-20-7-4-12-33(20)22(28-23)26-19-13-17(29-30-19)15-8-9-15/h4,7,12-13,15-16,18H,2-3,5-6,8-11,14H2,1H3,(H,25,34)(H2,26,27,28,29,30)/t16?,18-/m0/s1. The van der Waals surface area contributed by atoms with Gasteiger partial charge in [-0.05, 0) is 50.7 Å². The lowest BCUT2D eigenvalue weighted by atomic mass is 10.1. The molecule has 0 bridgehead atoms. The summed E-state index contributed by atoms with van der Waals surface area (Å²) in [4.78, 5) is 38.4. The summed E-state index contributed by atoms with van der Waals surface area (Å²) >= 11 is 0. The molecule has 2 atom stereocenters. The molecule has 36 heavy (non-hydrogen) atoms. The summed E-state index contributed by atoms with van der Waals surface area (Å²) in [6.07, 6.45) is 7.20. The van der Waals surface area contributed by atoms with Gasteiger partial charge in [0.05, 0.1) is 7.11 Å². The molecule has 5 heterocycles. The third-order valence-electron chi connectivity index (χ3n) is 7.24. The molecule has 1 unspecified atom stereocenters. The van der Waals surface area contributed by atoms with Crippen molar-refractivity contribution in [3.63, 3.8) is 0 Å². The predicted octanol–water partition coefficient (Wildman–Crippen LogP) is 2.39. The maximum atomic E-state index is 13.3. The van der Waals surface area contributed by atoms with Crippen molar-refractivity contribution < 1.29 is 14.3 Å². The highest BCUT2D eigenvalue weighted by Gasteiger charge is 2.35. The summed E-state index contributed by atoms with van der Waals surface area (Å²) in [5.41, 5.74) is 1.88. The molecule has 3 N–H and O–H groups in total. The molecular weight excluding hydrogens is 462 g/mol. The van der Waals surface area contributed by atoms with Gasteiger partial charge in [0, 0.05) is 49.6 Å². The first-order valence-corrected chi connectivity index (χ1v) is 12.7. The molecule has 1 saturated carbocycles. The Hall–Kier alpha value is -3.83. The first-order chi connectivity index (χ1) is 17.6. The highest BCUT2D eigenvalue weighted by Crippen LogP contribution is 2.39. The topological polar surface area (TPSA) is 133 Å². The SMILES string of the molecule is COC(=O)N1CCCC(NC(=O)[C@@H]2CCCN2c2nc(Nc3cc(C4CC4)[nH]n3)n3cccc3n2)C1. The zero-order chi connectivity index (χ0) is 24.6. The number of hydrogen-bond acceptors (Lipinski definition) is 8. The fourth-order valence-electron chi connectivity index (χ4n) is 5.22. The van der Waals surface area contributed by atoms with Gasteiger partial charge in [0.2, 0.25) is 17.8 Å². The average Bonchev–Trinajstić information content (AvgIpc) is 3.27. The lowest BCUT2D eigenvalue weighted by molar-refractivity contribution is -0.123. The van der Waals surface area contributed by atoms with E-state index in [9.17, 15) is 9.59 Å². The molecule has 12 nitrogen and oxygen atoms in total. The van der Waals surface area contributed by atoms with Crippen LogP contribution in [-0.4, -0.2) is 80.3 Å². The summed E-state index contributed by atoms with van der Waals surface area (Å²) in [5, 5.41) is 14.0. The van der Waals surface area contributed by atoms with Gasteiger partial charge >= 0.3 is 6.09 Å². The van der Waals surface area contributed by atoms with Gasteiger partial charge in [-0.15, -0.1) is 0 Å². The number of carbonyl (C=O) groups is 2. The van der Waals surface area contributed by atoms with Crippen molar-refractivity contribution in [3.05, 3.63) is 30.1 Å². The number of piperidine rings is 1. The molecule has 6 rings (SSSR count). The van der Waals surface area contributed by atoms with Gasteiger partial charge in [-0.3, -0.25) is 14.3 Å². The Kier molecular flexibility index (Phi) is 5.86. The number of methoxy groups -OCH3 is 1. The van der Waals surface area contributed by atoms with Crippen molar-refractivity contribution in [2.75, 3.05) is 37.0 Å². The summed E-state index contributed by atoms with van der Waals surface area (Å²) in [7, 11) is 1.38. The van der Waals surface area contributed by atoms with Crippen LogP contribution < -0.4 is 15.5 Å². The van der Waals surface area contributed by atoms with Crippen LogP contribution >= 0.6 is 0 Å². The Morgan fingerprint density at radius 2 is 2.00 bits per heavy atom. The molecule has 1 aliphatic carbocycles. The zero-order valence-corrected chi connectivity index (χ0v) is 20.3. The van der Waals surface area contributed by atoms with E-state index in [4.69, 9.17) is 14.7 Å². The monoisotopic (exact) mass is 493 g/mol. The molecule has 190 valence electrons. The summed E-state index contributed by atoms with van der Waals surface area (Å²) in [6.45, 7) is 1.80. The average molecular weight is 494 g/mol. The molecule has 3 fully saturated rings. The van der Waals surface area contributed by atoms with Gasteiger partial charge in [0.1, 0.15) is 11.7 Å². The molecule has 3 aromatic heterocycles. The van der Waals surface area contributed by atoms with Crippen molar-refractivity contribution >= 4 is 35.4 Å². The predicted molar refractivity (Wildman–Crippen MR) is 132 cm³/mol. The first-order valence-electron chi connectivity index (χ1n) is 12.7. The number of hydrogen-bond donors (Lipinski definition) is 3. The number of likely N-dealkylation sites (tertiary alicyclic amines) is 1.